The molecule has 0 bridgehead atoms. The first-order valence-corrected chi connectivity index (χ1v) is 6.35. The van der Waals surface area contributed by atoms with Gasteiger partial charge in [0.15, 0.2) is 0 Å². The number of carboxylic acids is 1. The van der Waals surface area contributed by atoms with Crippen LogP contribution < -0.4 is 0 Å². The van der Waals surface area contributed by atoms with Crippen molar-refractivity contribution in [2.45, 2.75) is 0 Å². The average Bonchev–Trinajstić information content (AvgIpc) is 2.35. The van der Waals surface area contributed by atoms with Crippen molar-refractivity contribution in [3.8, 4) is 5.75 Å². The van der Waals surface area contributed by atoms with Crippen LogP contribution in [0.5, 0.6) is 5.75 Å². The fourth-order valence-corrected chi connectivity index (χ4v) is 2.12. The molecule has 2 aromatic carbocycles. The van der Waals surface area contributed by atoms with Crippen LogP contribution in [-0.2, 0) is 4.79 Å². The average molecular weight is 319 g/mol. The number of benzene rings is 2. The summed E-state index contributed by atoms with van der Waals surface area (Å²) < 4.78 is 0.877. The van der Waals surface area contributed by atoms with Crippen molar-refractivity contribution in [3.63, 3.8) is 0 Å². The highest BCUT2D eigenvalue weighted by atomic mass is 79.9. The third-order valence-corrected chi connectivity index (χ3v) is 3.04. The van der Waals surface area contributed by atoms with E-state index in [1.807, 2.05) is 24.3 Å². The van der Waals surface area contributed by atoms with E-state index in [9.17, 15) is 15.0 Å². The standard InChI is InChI=1S/C15H11BrO3/c16-12-5-1-3-10(7-12)8-14(15(18)19)11-4-2-6-13(17)9-11/h1-9,17H,(H,18,19)/b14-8-. The van der Waals surface area contributed by atoms with Gasteiger partial charge in [0.05, 0.1) is 5.57 Å². The number of halogens is 1. The Morgan fingerprint density at radius 3 is 2.47 bits per heavy atom. The summed E-state index contributed by atoms with van der Waals surface area (Å²) in [5.74, 6) is -0.996. The molecule has 2 N–H and O–H groups in total. The van der Waals surface area contributed by atoms with E-state index >= 15 is 0 Å². The number of hydrogen-bond acceptors (Lipinski definition) is 2. The maximum Gasteiger partial charge on any atom is 0.336 e. The molecule has 0 spiro atoms. The molecule has 0 aromatic heterocycles. The summed E-state index contributed by atoms with van der Waals surface area (Å²) in [5, 5.41) is 18.7. The van der Waals surface area contributed by atoms with Crippen molar-refractivity contribution < 1.29 is 15.0 Å². The van der Waals surface area contributed by atoms with Crippen LogP contribution in [0, 0.1) is 0 Å². The van der Waals surface area contributed by atoms with E-state index in [1.54, 1.807) is 18.2 Å². The number of rotatable bonds is 3. The van der Waals surface area contributed by atoms with Gasteiger partial charge in [-0.1, -0.05) is 40.2 Å². The molecule has 0 atom stereocenters. The molecule has 0 heterocycles. The third kappa shape index (κ3) is 3.45. The molecule has 0 fully saturated rings. The van der Waals surface area contributed by atoms with Gasteiger partial charge in [0.1, 0.15) is 5.75 Å². The fraction of sp³-hybridized carbons (Fsp3) is 0. The van der Waals surface area contributed by atoms with Gasteiger partial charge in [-0.2, -0.15) is 0 Å². The molecule has 96 valence electrons. The quantitative estimate of drug-likeness (QED) is 0.669. The van der Waals surface area contributed by atoms with E-state index in [1.165, 1.54) is 12.1 Å². The predicted octanol–water partition coefficient (Wildman–Crippen LogP) is 3.78. The molecule has 0 saturated heterocycles. The lowest BCUT2D eigenvalue weighted by Gasteiger charge is -2.04. The van der Waals surface area contributed by atoms with Gasteiger partial charge in [-0.3, -0.25) is 0 Å². The van der Waals surface area contributed by atoms with Crippen LogP contribution in [0.3, 0.4) is 0 Å². The van der Waals surface area contributed by atoms with Gasteiger partial charge in [0.25, 0.3) is 0 Å². The Hall–Kier alpha value is -2.07. The van der Waals surface area contributed by atoms with Crippen molar-refractivity contribution in [1.29, 1.82) is 0 Å². The molecule has 0 aliphatic rings. The zero-order valence-electron chi connectivity index (χ0n) is 9.88. The number of aromatic hydroxyl groups is 1. The van der Waals surface area contributed by atoms with E-state index in [-0.39, 0.29) is 11.3 Å². The molecule has 0 radical (unpaired) electrons. The second-order valence-electron chi connectivity index (χ2n) is 3.97. The molecule has 2 aromatic rings. The van der Waals surface area contributed by atoms with Crippen LogP contribution in [-0.4, -0.2) is 16.2 Å². The molecule has 0 saturated carbocycles. The minimum Gasteiger partial charge on any atom is -0.508 e. The molecule has 0 aliphatic heterocycles. The molecule has 4 heteroatoms. The zero-order chi connectivity index (χ0) is 13.8. The summed E-state index contributed by atoms with van der Waals surface area (Å²) in [6.07, 6.45) is 1.57. The van der Waals surface area contributed by atoms with Crippen LogP contribution in [0.4, 0.5) is 0 Å². The first kappa shape index (κ1) is 13.4. The summed E-state index contributed by atoms with van der Waals surface area (Å²) in [4.78, 5) is 11.3. The summed E-state index contributed by atoms with van der Waals surface area (Å²) >= 11 is 3.34. The summed E-state index contributed by atoms with van der Waals surface area (Å²) in [5.41, 5.74) is 1.37. The number of carboxylic acid groups (broad SMARTS) is 1. The van der Waals surface area contributed by atoms with Gasteiger partial charge in [-0.25, -0.2) is 4.79 Å². The lowest BCUT2D eigenvalue weighted by atomic mass is 10.0. The topological polar surface area (TPSA) is 57.5 Å². The SMILES string of the molecule is O=C(O)/C(=C\c1cccc(Br)c1)c1cccc(O)c1. The lowest BCUT2D eigenvalue weighted by molar-refractivity contribution is -0.130. The van der Waals surface area contributed by atoms with Gasteiger partial charge in [-0.15, -0.1) is 0 Å². The van der Waals surface area contributed by atoms with Crippen molar-refractivity contribution >= 4 is 33.5 Å². The fourth-order valence-electron chi connectivity index (χ4n) is 1.71. The monoisotopic (exact) mass is 318 g/mol. The number of aliphatic carboxylic acids is 1. The molecule has 0 aliphatic carbocycles. The van der Waals surface area contributed by atoms with E-state index in [0.717, 1.165) is 10.0 Å². The first-order chi connectivity index (χ1) is 9.06. The predicted molar refractivity (Wildman–Crippen MR) is 77.8 cm³/mol. The van der Waals surface area contributed by atoms with Gasteiger partial charge in [0, 0.05) is 4.47 Å². The molecule has 2 rings (SSSR count). The Morgan fingerprint density at radius 2 is 1.84 bits per heavy atom. The van der Waals surface area contributed by atoms with Gasteiger partial charge >= 0.3 is 5.97 Å². The van der Waals surface area contributed by atoms with Crippen molar-refractivity contribution in [1.82, 2.24) is 0 Å². The highest BCUT2D eigenvalue weighted by molar-refractivity contribution is 9.10. The molecule has 0 unspecified atom stereocenters. The van der Waals surface area contributed by atoms with Crippen molar-refractivity contribution in [2.75, 3.05) is 0 Å². The second-order valence-corrected chi connectivity index (χ2v) is 4.88. The normalized spacial score (nSPS) is 11.3. The van der Waals surface area contributed by atoms with Crippen LogP contribution in [0.15, 0.2) is 53.0 Å². The van der Waals surface area contributed by atoms with E-state index in [2.05, 4.69) is 15.9 Å². The van der Waals surface area contributed by atoms with E-state index in [0.29, 0.717) is 5.56 Å². The Balaban J connectivity index is 2.49. The number of hydrogen-bond donors (Lipinski definition) is 2. The van der Waals surface area contributed by atoms with Crippen LogP contribution >= 0.6 is 15.9 Å². The van der Waals surface area contributed by atoms with E-state index < -0.39 is 5.97 Å². The number of carbonyl (C=O) groups is 1. The summed E-state index contributed by atoms with van der Waals surface area (Å²) in [6.45, 7) is 0. The van der Waals surface area contributed by atoms with Gasteiger partial charge < -0.3 is 10.2 Å². The van der Waals surface area contributed by atoms with Crippen LogP contribution in [0.2, 0.25) is 0 Å². The molecular weight excluding hydrogens is 308 g/mol. The van der Waals surface area contributed by atoms with Gasteiger partial charge in [-0.05, 0) is 41.5 Å². The van der Waals surface area contributed by atoms with Crippen LogP contribution in [0.1, 0.15) is 11.1 Å². The van der Waals surface area contributed by atoms with E-state index in [4.69, 9.17) is 0 Å². The Labute approximate surface area is 119 Å². The Morgan fingerprint density at radius 1 is 1.11 bits per heavy atom. The highest BCUT2D eigenvalue weighted by Crippen LogP contribution is 2.23. The number of phenolic OH excluding ortho intramolecular Hbond substituents is 1. The minimum atomic E-state index is -1.04. The highest BCUT2D eigenvalue weighted by Gasteiger charge is 2.11. The number of phenols is 1. The Bertz CT molecular complexity index is 647. The first-order valence-electron chi connectivity index (χ1n) is 5.56. The summed E-state index contributed by atoms with van der Waals surface area (Å²) in [7, 11) is 0. The van der Waals surface area contributed by atoms with Crippen LogP contribution in [0.25, 0.3) is 11.6 Å². The maximum atomic E-state index is 11.3. The maximum absolute atomic E-state index is 11.3. The smallest absolute Gasteiger partial charge is 0.336 e. The lowest BCUT2D eigenvalue weighted by Crippen LogP contribution is -1.99. The third-order valence-electron chi connectivity index (χ3n) is 2.55. The zero-order valence-corrected chi connectivity index (χ0v) is 11.5. The minimum absolute atomic E-state index is 0.0406. The molecular formula is C15H11BrO3. The summed E-state index contributed by atoms with van der Waals surface area (Å²) in [6, 6.07) is 13.5. The van der Waals surface area contributed by atoms with Crippen molar-refractivity contribution in [2.24, 2.45) is 0 Å². The van der Waals surface area contributed by atoms with Crippen molar-refractivity contribution in [3.05, 3.63) is 64.1 Å². The molecule has 0 amide bonds. The Kier molecular flexibility index (Phi) is 4.02. The largest absolute Gasteiger partial charge is 0.508 e. The molecule has 19 heavy (non-hydrogen) atoms. The van der Waals surface area contributed by atoms with Gasteiger partial charge in [0.2, 0.25) is 0 Å². The molecule has 3 nitrogen and oxygen atoms in total. The second kappa shape index (κ2) is 5.71.